The van der Waals surface area contributed by atoms with Crippen LogP contribution in [0.25, 0.3) is 0 Å². The Morgan fingerprint density at radius 3 is 0.787 bits per heavy atom. The Bertz CT molecular complexity index is 1120. The molecule has 0 unspecified atom stereocenters. The third-order valence-corrected chi connectivity index (χ3v) is 170. The molecule has 9 heteroatoms. The average Bonchev–Trinajstić information content (AvgIpc) is 2.75. The summed E-state index contributed by atoms with van der Waals surface area (Å²) in [4.78, 5) is 1.06. The fourth-order valence-corrected chi connectivity index (χ4v) is 294. The lowest BCUT2D eigenvalue weighted by Crippen LogP contribution is -3.13. The fraction of sp³-hybridized carbons (Fsp3) is 0.974. The van der Waals surface area contributed by atoms with Gasteiger partial charge in [-0.05, 0) is 40.3 Å². The molecule has 0 spiro atoms. The van der Waals surface area contributed by atoms with Crippen molar-refractivity contribution in [1.29, 1.82) is 0 Å². The van der Waals surface area contributed by atoms with E-state index < -0.39 is 51.3 Å². The minimum absolute atomic E-state index is 0.0741. The summed E-state index contributed by atoms with van der Waals surface area (Å²) >= 11 is 0. The molecule has 47 heavy (non-hydrogen) atoms. The van der Waals surface area contributed by atoms with E-state index in [0.717, 1.165) is 4.98 Å². The van der Waals surface area contributed by atoms with Crippen LogP contribution in [0.15, 0.2) is 0 Å². The molecule has 1 aliphatic heterocycles. The highest BCUT2D eigenvalue weighted by Gasteiger charge is 2.95. The van der Waals surface area contributed by atoms with E-state index in [2.05, 4.69) is 199 Å². The Morgan fingerprint density at radius 1 is 0.426 bits per heavy atom. The zero-order valence-electron chi connectivity index (χ0n) is 37.9. The fourth-order valence-electron chi connectivity index (χ4n) is 12.6. The number of rotatable bonds is 5. The molecule has 0 bridgehead atoms. The summed E-state index contributed by atoms with van der Waals surface area (Å²) in [6.45, 7) is 74.5. The van der Waals surface area contributed by atoms with E-state index in [1.807, 2.05) is 0 Å². The van der Waals surface area contributed by atoms with Gasteiger partial charge in [0.15, 0.2) is 0 Å². The molecule has 0 saturated carbocycles. The smallest absolute Gasteiger partial charge is 0.224 e. The summed E-state index contributed by atoms with van der Waals surface area (Å²) in [5, 5.41) is 15.2. The minimum atomic E-state index is -3.01. The second kappa shape index (κ2) is 11.8. The van der Waals surface area contributed by atoms with Crippen molar-refractivity contribution in [3.8, 4) is 0 Å². The number of hydrogen-bond donors (Lipinski definition) is 1. The SMILES string of the molecule is CO[Si@@]1([Si](C)(C(C)(C)C)C(C)(C)C)C(O)=[Si]([Si](C)(C(C)(C)C)C(C)(C)C)[Si]1([Si](C)(C(C)(C)C)C(C)(C)C)[Si](C)(C(C)(C)C)C(C)(C)C. The minimum Gasteiger partial charge on any atom is -0.521 e. The Kier molecular flexibility index (Phi) is 11.6. The van der Waals surface area contributed by atoms with E-state index in [0.29, 0.717) is 0 Å². The van der Waals surface area contributed by atoms with E-state index in [1.165, 1.54) is 0 Å². The van der Waals surface area contributed by atoms with E-state index in [4.69, 9.17) is 4.43 Å². The van der Waals surface area contributed by atoms with Crippen LogP contribution >= 0.6 is 0 Å². The molecule has 1 rings (SSSR count). The van der Waals surface area contributed by atoms with Crippen LogP contribution in [0.2, 0.25) is 66.5 Å². The summed E-state index contributed by atoms with van der Waals surface area (Å²) < 4.78 is 7.94. The second-order valence-corrected chi connectivity index (χ2v) is 91.6. The molecular weight excluding hydrogens is 685 g/mol. The summed E-state index contributed by atoms with van der Waals surface area (Å²) in [6, 6.07) is 0. The van der Waals surface area contributed by atoms with Gasteiger partial charge in [0.1, 0.15) is 0 Å². The van der Waals surface area contributed by atoms with Gasteiger partial charge in [-0.1, -0.05) is 192 Å². The van der Waals surface area contributed by atoms with Gasteiger partial charge < -0.3 is 9.53 Å². The first-order valence-corrected chi connectivity index (χ1v) is 40.2. The summed E-state index contributed by atoms with van der Waals surface area (Å²) in [6.07, 6.45) is -2.64. The zero-order valence-corrected chi connectivity index (χ0v) is 44.9. The van der Waals surface area contributed by atoms with Gasteiger partial charge in [-0.15, -0.1) is 0 Å². The first-order chi connectivity index (χ1) is 19.8. The molecule has 0 aliphatic carbocycles. The Morgan fingerprint density at radius 2 is 0.638 bits per heavy atom. The molecule has 0 radical (unpaired) electrons. The van der Waals surface area contributed by atoms with Gasteiger partial charge >= 0.3 is 0 Å². The van der Waals surface area contributed by atoms with Crippen molar-refractivity contribution in [3.05, 3.63) is 0 Å². The topological polar surface area (TPSA) is 29.5 Å². The highest BCUT2D eigenvalue weighted by atomic mass is 30.3. The van der Waals surface area contributed by atoms with Crippen LogP contribution in [0.3, 0.4) is 0 Å². The third-order valence-electron chi connectivity index (χ3n) is 16.5. The first-order valence-electron chi connectivity index (χ1n) is 18.8. The van der Waals surface area contributed by atoms with Gasteiger partial charge in [-0.3, -0.25) is 0 Å². The molecule has 280 valence electrons. The van der Waals surface area contributed by atoms with Crippen LogP contribution in [-0.4, -0.2) is 68.5 Å². The van der Waals surface area contributed by atoms with Crippen LogP contribution in [0.4, 0.5) is 0 Å². The van der Waals surface area contributed by atoms with Crippen molar-refractivity contribution in [1.82, 2.24) is 0 Å². The molecule has 1 aliphatic rings. The van der Waals surface area contributed by atoms with E-state index in [9.17, 15) is 5.11 Å². The standard InChI is InChI=1S/C38H88O2Si7/c1-31(2,3)42(26,32(4,5)6)41-30(39)46(40-25,43(27,33(7,8)9)34(10,11)12)47(41,44(28,35(13,14)15)36(16,17)18)45(29,37(19,20)21)38(22,23)24/h39H,1-29H3/t46-/m1/s1. The van der Waals surface area contributed by atoms with Crippen LogP contribution in [-0.2, 0) is 4.43 Å². The third kappa shape index (κ3) is 5.34. The largest absolute Gasteiger partial charge is 0.521 e. The van der Waals surface area contributed by atoms with Crippen LogP contribution in [0.1, 0.15) is 166 Å². The van der Waals surface area contributed by atoms with Gasteiger partial charge in [0.25, 0.3) is 0 Å². The highest BCUT2D eigenvalue weighted by molar-refractivity contribution is 8.24. The van der Waals surface area contributed by atoms with Crippen LogP contribution in [0.5, 0.6) is 0 Å². The van der Waals surface area contributed by atoms with Crippen LogP contribution < -0.4 is 0 Å². The summed E-state index contributed by atoms with van der Waals surface area (Å²) in [5.41, 5.74) is 0. The molecule has 0 saturated heterocycles. The van der Waals surface area contributed by atoms with E-state index >= 15 is 0 Å². The summed E-state index contributed by atoms with van der Waals surface area (Å²) in [5.74, 6) is 0. The molecular formula is C38H88O2Si7. The van der Waals surface area contributed by atoms with Gasteiger partial charge in [0.2, 0.25) is 7.35 Å². The maximum absolute atomic E-state index is 14.1. The number of aliphatic hydroxyl groups is 1. The molecule has 0 aromatic heterocycles. The van der Waals surface area contributed by atoms with Crippen molar-refractivity contribution < 1.29 is 9.53 Å². The molecule has 0 amide bonds. The quantitative estimate of drug-likeness (QED) is 0.282. The zero-order chi connectivity index (χ0) is 38.9. The highest BCUT2D eigenvalue weighted by Crippen LogP contribution is 2.74. The predicted octanol–water partition coefficient (Wildman–Crippen LogP) is 13.3. The Labute approximate surface area is 304 Å². The van der Waals surface area contributed by atoms with Crippen LogP contribution in [0, 0.1) is 0 Å². The molecule has 1 N–H and O–H groups in total. The van der Waals surface area contributed by atoms with Gasteiger partial charge in [0.05, 0.1) is 41.5 Å². The lowest BCUT2D eigenvalue weighted by Gasteiger charge is -2.83. The normalized spacial score (nSPS) is 22.1. The number of aliphatic hydroxyl groups excluding tert-OH is 1. The molecule has 1 heterocycles. The lowest BCUT2D eigenvalue weighted by atomic mass is 10.2. The van der Waals surface area contributed by atoms with Crippen molar-refractivity contribution >= 4 is 56.3 Å². The van der Waals surface area contributed by atoms with Gasteiger partial charge in [0, 0.05) is 14.6 Å². The van der Waals surface area contributed by atoms with Crippen molar-refractivity contribution in [3.63, 3.8) is 0 Å². The van der Waals surface area contributed by atoms with Crippen molar-refractivity contribution in [2.45, 2.75) is 233 Å². The first kappa shape index (κ1) is 46.2. The van der Waals surface area contributed by atoms with Gasteiger partial charge in [-0.25, -0.2) is 0 Å². The van der Waals surface area contributed by atoms with E-state index in [1.54, 1.807) is 0 Å². The Balaban J connectivity index is 5.71. The maximum atomic E-state index is 14.1. The molecule has 2 nitrogen and oxygen atoms in total. The molecule has 0 aromatic rings. The summed E-state index contributed by atoms with van der Waals surface area (Å²) in [7, 11) is -11.8. The number of hydrogen-bond acceptors (Lipinski definition) is 2. The maximum Gasteiger partial charge on any atom is 0.224 e. The van der Waals surface area contributed by atoms with E-state index in [-0.39, 0.29) is 40.3 Å². The molecule has 0 fully saturated rings. The molecule has 1 atom stereocenters. The molecule has 0 aromatic carbocycles. The van der Waals surface area contributed by atoms with Crippen molar-refractivity contribution in [2.24, 2.45) is 0 Å². The Hall–Kier alpha value is 1.15. The monoisotopic (exact) mass is 773 g/mol. The predicted molar refractivity (Wildman–Crippen MR) is 235 cm³/mol. The van der Waals surface area contributed by atoms with Gasteiger partial charge in [-0.2, -0.15) is 0 Å². The average molecular weight is 774 g/mol. The second-order valence-electron chi connectivity index (χ2n) is 24.9. The lowest BCUT2D eigenvalue weighted by molar-refractivity contribution is 0.418. The van der Waals surface area contributed by atoms with Crippen molar-refractivity contribution in [2.75, 3.05) is 7.11 Å².